The summed E-state index contributed by atoms with van der Waals surface area (Å²) in [6, 6.07) is 0.558. The van der Waals surface area contributed by atoms with Crippen molar-refractivity contribution in [3.05, 3.63) is 5.89 Å². The molecule has 1 heterocycles. The summed E-state index contributed by atoms with van der Waals surface area (Å²) in [5.41, 5.74) is 0.252. The average molecular weight is 252 g/mol. The Balaban J connectivity index is 1.90. The van der Waals surface area contributed by atoms with E-state index in [0.29, 0.717) is 18.5 Å². The number of nitrogens with zero attached hydrogens (tertiary/aromatic N) is 2. The van der Waals surface area contributed by atoms with Crippen LogP contribution < -0.4 is 10.6 Å². The summed E-state index contributed by atoms with van der Waals surface area (Å²) in [6.45, 7) is 9.15. The highest BCUT2D eigenvalue weighted by Gasteiger charge is 2.36. The van der Waals surface area contributed by atoms with Gasteiger partial charge < -0.3 is 15.1 Å². The molecule has 0 amide bonds. The molecule has 2 rings (SSSR count). The van der Waals surface area contributed by atoms with Gasteiger partial charge in [-0.2, -0.15) is 0 Å². The topological polar surface area (TPSA) is 63.0 Å². The van der Waals surface area contributed by atoms with E-state index in [4.69, 9.17) is 4.42 Å². The molecule has 5 heteroatoms. The Morgan fingerprint density at radius 1 is 1.28 bits per heavy atom. The van der Waals surface area contributed by atoms with Crippen molar-refractivity contribution in [2.75, 3.05) is 5.32 Å². The Bertz CT molecular complexity index is 384. The molecule has 0 saturated heterocycles. The van der Waals surface area contributed by atoms with Crippen molar-refractivity contribution in [1.82, 2.24) is 15.5 Å². The highest BCUT2D eigenvalue weighted by atomic mass is 16.4. The lowest BCUT2D eigenvalue weighted by atomic mass is 9.75. The highest BCUT2D eigenvalue weighted by Crippen LogP contribution is 2.37. The van der Waals surface area contributed by atoms with E-state index < -0.39 is 0 Å². The van der Waals surface area contributed by atoms with Crippen LogP contribution in [0.5, 0.6) is 0 Å². The molecule has 2 N–H and O–H groups in total. The Labute approximate surface area is 109 Å². The van der Waals surface area contributed by atoms with Crippen molar-refractivity contribution in [2.45, 2.75) is 71.0 Å². The first kappa shape index (κ1) is 13.3. The Hall–Kier alpha value is -1.10. The fourth-order valence-electron chi connectivity index (χ4n) is 2.11. The van der Waals surface area contributed by atoms with E-state index in [9.17, 15) is 0 Å². The average Bonchev–Trinajstić information content (AvgIpc) is 2.67. The second kappa shape index (κ2) is 4.88. The van der Waals surface area contributed by atoms with Gasteiger partial charge >= 0.3 is 6.01 Å². The van der Waals surface area contributed by atoms with E-state index in [1.54, 1.807) is 0 Å². The van der Waals surface area contributed by atoms with Crippen molar-refractivity contribution in [1.29, 1.82) is 0 Å². The second-order valence-electron chi connectivity index (χ2n) is 6.22. The van der Waals surface area contributed by atoms with Gasteiger partial charge in [0, 0.05) is 11.1 Å². The molecule has 1 aromatic heterocycles. The van der Waals surface area contributed by atoms with E-state index in [-0.39, 0.29) is 11.1 Å². The molecule has 1 saturated carbocycles. The van der Waals surface area contributed by atoms with Gasteiger partial charge in [-0.1, -0.05) is 12.0 Å². The molecule has 0 bridgehead atoms. The third kappa shape index (κ3) is 3.22. The molecule has 1 aliphatic rings. The minimum Gasteiger partial charge on any atom is -0.407 e. The molecule has 5 nitrogen and oxygen atoms in total. The predicted molar refractivity (Wildman–Crippen MR) is 71.4 cm³/mol. The van der Waals surface area contributed by atoms with Crippen molar-refractivity contribution in [3.63, 3.8) is 0 Å². The lowest BCUT2D eigenvalue weighted by molar-refractivity contribution is 0.261. The van der Waals surface area contributed by atoms with E-state index in [0.717, 1.165) is 6.42 Å². The Kier molecular flexibility index (Phi) is 3.61. The molecule has 0 radical (unpaired) electrons. The largest absolute Gasteiger partial charge is 0.407 e. The number of rotatable bonds is 5. The number of aromatic nitrogens is 2. The Morgan fingerprint density at radius 3 is 2.50 bits per heavy atom. The maximum atomic E-state index is 5.62. The van der Waals surface area contributed by atoms with Gasteiger partial charge in [-0.05, 0) is 46.5 Å². The first-order valence-electron chi connectivity index (χ1n) is 6.78. The van der Waals surface area contributed by atoms with Gasteiger partial charge in [-0.15, -0.1) is 5.10 Å². The lowest BCUT2D eigenvalue weighted by Gasteiger charge is -2.41. The van der Waals surface area contributed by atoms with Gasteiger partial charge in [0.15, 0.2) is 0 Å². The monoisotopic (exact) mass is 252 g/mol. The van der Waals surface area contributed by atoms with Gasteiger partial charge in [0.25, 0.3) is 0 Å². The maximum absolute atomic E-state index is 5.62. The van der Waals surface area contributed by atoms with Crippen molar-refractivity contribution in [3.8, 4) is 0 Å². The van der Waals surface area contributed by atoms with Crippen LogP contribution in [0, 0.1) is 0 Å². The van der Waals surface area contributed by atoms with Gasteiger partial charge in [0.2, 0.25) is 5.89 Å². The zero-order chi connectivity index (χ0) is 13.2. The number of hydrogen-bond acceptors (Lipinski definition) is 5. The summed E-state index contributed by atoms with van der Waals surface area (Å²) in [5, 5.41) is 14.8. The fraction of sp³-hybridized carbons (Fsp3) is 0.846. The standard InChI is InChI=1S/C13H24N4O/c1-5-13(7-6-8-13)15-11-17-16-10(18-11)9-14-12(2,3)4/h14H,5-9H2,1-4H3,(H,15,17). The van der Waals surface area contributed by atoms with Crippen LogP contribution in [0.25, 0.3) is 0 Å². The van der Waals surface area contributed by atoms with E-state index in [1.807, 2.05) is 0 Å². The van der Waals surface area contributed by atoms with Crippen molar-refractivity contribution in [2.24, 2.45) is 0 Å². The zero-order valence-corrected chi connectivity index (χ0v) is 11.8. The Morgan fingerprint density at radius 2 is 2.00 bits per heavy atom. The van der Waals surface area contributed by atoms with Crippen LogP contribution in [0.1, 0.15) is 59.3 Å². The van der Waals surface area contributed by atoms with E-state index >= 15 is 0 Å². The smallest absolute Gasteiger partial charge is 0.315 e. The molecule has 0 aliphatic heterocycles. The van der Waals surface area contributed by atoms with E-state index in [1.165, 1.54) is 19.3 Å². The number of hydrogen-bond donors (Lipinski definition) is 2. The molecule has 0 aromatic carbocycles. The van der Waals surface area contributed by atoms with Crippen molar-refractivity contribution >= 4 is 6.01 Å². The molecule has 0 unspecified atom stereocenters. The third-order valence-electron chi connectivity index (χ3n) is 3.60. The molecule has 0 spiro atoms. The lowest BCUT2D eigenvalue weighted by Crippen LogP contribution is -2.44. The SMILES string of the molecule is CCC1(Nc2nnc(CNC(C)(C)C)o2)CCC1. The van der Waals surface area contributed by atoms with Crippen molar-refractivity contribution < 1.29 is 4.42 Å². The predicted octanol–water partition coefficient (Wildman–Crippen LogP) is 2.70. The number of anilines is 1. The summed E-state index contributed by atoms with van der Waals surface area (Å²) in [4.78, 5) is 0. The third-order valence-corrected chi connectivity index (χ3v) is 3.60. The van der Waals surface area contributed by atoms with Crippen LogP contribution in [0.15, 0.2) is 4.42 Å². The summed E-state index contributed by atoms with van der Waals surface area (Å²) in [5.74, 6) is 0.637. The summed E-state index contributed by atoms with van der Waals surface area (Å²) >= 11 is 0. The fourth-order valence-corrected chi connectivity index (χ4v) is 2.11. The quantitative estimate of drug-likeness (QED) is 0.843. The molecule has 18 heavy (non-hydrogen) atoms. The second-order valence-corrected chi connectivity index (χ2v) is 6.22. The molecular formula is C13H24N4O. The van der Waals surface area contributed by atoms with Gasteiger partial charge in [0.1, 0.15) is 0 Å². The molecule has 1 fully saturated rings. The van der Waals surface area contributed by atoms with Crippen LogP contribution in [-0.2, 0) is 6.54 Å². The molecule has 0 atom stereocenters. The first-order valence-corrected chi connectivity index (χ1v) is 6.78. The first-order chi connectivity index (χ1) is 8.42. The molecular weight excluding hydrogens is 228 g/mol. The summed E-state index contributed by atoms with van der Waals surface area (Å²) in [6.07, 6.45) is 4.78. The molecule has 102 valence electrons. The van der Waals surface area contributed by atoms with Gasteiger partial charge in [-0.25, -0.2) is 0 Å². The highest BCUT2D eigenvalue weighted by molar-refractivity contribution is 5.26. The normalized spacial score (nSPS) is 18.4. The zero-order valence-electron chi connectivity index (χ0n) is 11.8. The minimum atomic E-state index is 0.0562. The van der Waals surface area contributed by atoms with Crippen LogP contribution in [0.3, 0.4) is 0 Å². The van der Waals surface area contributed by atoms with Crippen LogP contribution in [0.2, 0.25) is 0 Å². The van der Waals surface area contributed by atoms with Gasteiger partial charge in [0.05, 0.1) is 6.54 Å². The minimum absolute atomic E-state index is 0.0562. The van der Waals surface area contributed by atoms with Crippen LogP contribution >= 0.6 is 0 Å². The van der Waals surface area contributed by atoms with Crippen LogP contribution in [0.4, 0.5) is 6.01 Å². The molecule has 1 aliphatic carbocycles. The van der Waals surface area contributed by atoms with Gasteiger partial charge in [-0.3, -0.25) is 0 Å². The number of nitrogens with one attached hydrogen (secondary N) is 2. The summed E-state index contributed by atoms with van der Waals surface area (Å²) < 4.78 is 5.62. The summed E-state index contributed by atoms with van der Waals surface area (Å²) in [7, 11) is 0. The van der Waals surface area contributed by atoms with Crippen LogP contribution in [-0.4, -0.2) is 21.3 Å². The molecule has 1 aromatic rings. The maximum Gasteiger partial charge on any atom is 0.315 e. The van der Waals surface area contributed by atoms with E-state index in [2.05, 4.69) is 48.5 Å².